The molecule has 1 amide bonds. The van der Waals surface area contributed by atoms with Crippen LogP contribution in [0.1, 0.15) is 40.6 Å². The van der Waals surface area contributed by atoms with E-state index in [1.54, 1.807) is 12.3 Å². The van der Waals surface area contributed by atoms with E-state index < -0.39 is 23.2 Å². The third kappa shape index (κ3) is 3.98. The van der Waals surface area contributed by atoms with Gasteiger partial charge < -0.3 is 10.1 Å². The minimum atomic E-state index is -4.63. The average Bonchev–Trinajstić information content (AvgIpc) is 3.13. The topological polar surface area (TPSA) is 79.9 Å². The normalized spacial score (nSPS) is 21.1. The molecule has 2 aromatic rings. The zero-order chi connectivity index (χ0) is 17.9. The Morgan fingerprint density at radius 3 is 2.92 bits per heavy atom. The van der Waals surface area contributed by atoms with Crippen molar-refractivity contribution in [2.75, 3.05) is 13.2 Å². The number of nitrogens with zero attached hydrogens (tertiary/aromatic N) is 2. The molecule has 25 heavy (non-hydrogen) atoms. The first-order valence-corrected chi connectivity index (χ1v) is 7.87. The van der Waals surface area contributed by atoms with Crippen LogP contribution in [0.4, 0.5) is 13.2 Å². The SMILES string of the molecule is O=C(NC[C@@H]1CCCO[C@H]1c1ccn[nH]1)c1ccncc1C(F)(F)F. The van der Waals surface area contributed by atoms with E-state index in [0.717, 1.165) is 24.6 Å². The van der Waals surface area contributed by atoms with Gasteiger partial charge >= 0.3 is 6.18 Å². The molecule has 2 aromatic heterocycles. The van der Waals surface area contributed by atoms with E-state index in [1.807, 2.05) is 0 Å². The fraction of sp³-hybridized carbons (Fsp3) is 0.438. The molecule has 1 saturated heterocycles. The van der Waals surface area contributed by atoms with E-state index in [2.05, 4.69) is 20.5 Å². The number of hydrogen-bond donors (Lipinski definition) is 2. The molecule has 2 N–H and O–H groups in total. The van der Waals surface area contributed by atoms with Gasteiger partial charge in [-0.25, -0.2) is 0 Å². The van der Waals surface area contributed by atoms with Crippen LogP contribution in [0.25, 0.3) is 0 Å². The molecular formula is C16H17F3N4O2. The van der Waals surface area contributed by atoms with Gasteiger partial charge in [-0.1, -0.05) is 0 Å². The van der Waals surface area contributed by atoms with Crippen molar-refractivity contribution in [1.82, 2.24) is 20.5 Å². The number of ether oxygens (including phenoxy) is 1. The van der Waals surface area contributed by atoms with Crippen molar-refractivity contribution in [2.45, 2.75) is 25.1 Å². The van der Waals surface area contributed by atoms with Crippen LogP contribution < -0.4 is 5.32 Å². The molecule has 0 unspecified atom stereocenters. The molecule has 134 valence electrons. The molecule has 6 nitrogen and oxygen atoms in total. The number of nitrogens with one attached hydrogen (secondary N) is 2. The lowest BCUT2D eigenvalue weighted by Crippen LogP contribution is -2.36. The number of rotatable bonds is 4. The van der Waals surface area contributed by atoms with E-state index in [9.17, 15) is 18.0 Å². The maximum Gasteiger partial charge on any atom is 0.418 e. The first-order chi connectivity index (χ1) is 12.0. The number of carbonyl (C=O) groups is 1. The van der Waals surface area contributed by atoms with Crippen LogP contribution in [-0.4, -0.2) is 34.2 Å². The number of pyridine rings is 1. The lowest BCUT2D eigenvalue weighted by molar-refractivity contribution is -0.138. The van der Waals surface area contributed by atoms with Gasteiger partial charge in [0, 0.05) is 37.7 Å². The van der Waals surface area contributed by atoms with Crippen molar-refractivity contribution >= 4 is 5.91 Å². The summed E-state index contributed by atoms with van der Waals surface area (Å²) in [5, 5.41) is 9.32. The molecule has 0 radical (unpaired) electrons. The van der Waals surface area contributed by atoms with E-state index >= 15 is 0 Å². The van der Waals surface area contributed by atoms with Gasteiger partial charge in [0.15, 0.2) is 0 Å². The number of amides is 1. The molecule has 1 fully saturated rings. The van der Waals surface area contributed by atoms with Crippen molar-refractivity contribution in [3.8, 4) is 0 Å². The van der Waals surface area contributed by atoms with E-state index in [0.29, 0.717) is 12.8 Å². The predicted octanol–water partition coefficient (Wildman–Crippen LogP) is 2.72. The summed E-state index contributed by atoms with van der Waals surface area (Å²) in [5.74, 6) is -0.821. The van der Waals surface area contributed by atoms with Crippen LogP contribution in [0.5, 0.6) is 0 Å². The predicted molar refractivity (Wildman–Crippen MR) is 81.6 cm³/mol. The lowest BCUT2D eigenvalue weighted by atomic mass is 9.92. The molecule has 0 aromatic carbocycles. The first kappa shape index (κ1) is 17.4. The zero-order valence-electron chi connectivity index (χ0n) is 13.2. The van der Waals surface area contributed by atoms with Crippen LogP contribution >= 0.6 is 0 Å². The number of halogens is 3. The third-order valence-corrected chi connectivity index (χ3v) is 4.17. The smallest absolute Gasteiger partial charge is 0.372 e. The Kier molecular flexibility index (Phi) is 5.03. The number of aromatic amines is 1. The highest BCUT2D eigenvalue weighted by Gasteiger charge is 2.36. The molecule has 3 heterocycles. The van der Waals surface area contributed by atoms with Crippen molar-refractivity contribution < 1.29 is 22.7 Å². The van der Waals surface area contributed by atoms with Gasteiger partial charge in [0.1, 0.15) is 6.10 Å². The van der Waals surface area contributed by atoms with Gasteiger partial charge in [0.25, 0.3) is 5.91 Å². The van der Waals surface area contributed by atoms with Crippen molar-refractivity contribution in [3.05, 3.63) is 47.5 Å². The zero-order valence-corrected chi connectivity index (χ0v) is 13.2. The molecule has 3 rings (SSSR count). The fourth-order valence-corrected chi connectivity index (χ4v) is 2.96. The van der Waals surface area contributed by atoms with Gasteiger partial charge in [-0.05, 0) is 25.0 Å². The Morgan fingerprint density at radius 1 is 1.36 bits per heavy atom. The second-order valence-electron chi connectivity index (χ2n) is 5.83. The van der Waals surface area contributed by atoms with Gasteiger partial charge in [-0.2, -0.15) is 18.3 Å². The standard InChI is InChI=1S/C16H17F3N4O2/c17-16(18,19)12-9-20-5-3-11(12)15(24)21-8-10-2-1-7-25-14(10)13-4-6-22-23-13/h3-6,9-10,14H,1-2,7-8H2,(H,21,24)(H,22,23)/t10-,14+/m0/s1. The van der Waals surface area contributed by atoms with Crippen LogP contribution in [0, 0.1) is 5.92 Å². The maximum atomic E-state index is 13.0. The fourth-order valence-electron chi connectivity index (χ4n) is 2.96. The Labute approximate surface area is 141 Å². The second kappa shape index (κ2) is 7.22. The summed E-state index contributed by atoms with van der Waals surface area (Å²) in [4.78, 5) is 15.7. The minimum Gasteiger partial charge on any atom is -0.372 e. The van der Waals surface area contributed by atoms with Crippen LogP contribution in [-0.2, 0) is 10.9 Å². The van der Waals surface area contributed by atoms with Gasteiger partial charge in [0.05, 0.1) is 16.8 Å². The van der Waals surface area contributed by atoms with E-state index in [4.69, 9.17) is 4.74 Å². The third-order valence-electron chi connectivity index (χ3n) is 4.17. The van der Waals surface area contributed by atoms with Crippen molar-refractivity contribution in [3.63, 3.8) is 0 Å². The van der Waals surface area contributed by atoms with Gasteiger partial charge in [0.2, 0.25) is 0 Å². The van der Waals surface area contributed by atoms with Crippen molar-refractivity contribution in [2.24, 2.45) is 5.92 Å². The molecule has 0 saturated carbocycles. The Morgan fingerprint density at radius 2 is 2.20 bits per heavy atom. The highest BCUT2D eigenvalue weighted by Crippen LogP contribution is 2.33. The molecule has 0 aliphatic carbocycles. The number of carbonyl (C=O) groups excluding carboxylic acids is 1. The summed E-state index contributed by atoms with van der Waals surface area (Å²) in [7, 11) is 0. The largest absolute Gasteiger partial charge is 0.418 e. The van der Waals surface area contributed by atoms with Crippen LogP contribution in [0.2, 0.25) is 0 Å². The molecule has 0 spiro atoms. The highest BCUT2D eigenvalue weighted by molar-refractivity contribution is 5.95. The van der Waals surface area contributed by atoms with Crippen LogP contribution in [0.3, 0.4) is 0 Å². The Hall–Kier alpha value is -2.42. The summed E-state index contributed by atoms with van der Waals surface area (Å²) in [6, 6.07) is 2.86. The van der Waals surface area contributed by atoms with E-state index in [-0.39, 0.29) is 18.6 Å². The first-order valence-electron chi connectivity index (χ1n) is 7.87. The summed E-state index contributed by atoms with van der Waals surface area (Å²) in [6.45, 7) is 0.804. The number of hydrogen-bond acceptors (Lipinski definition) is 4. The Balaban J connectivity index is 1.70. The Bertz CT molecular complexity index is 718. The molecule has 0 bridgehead atoms. The molecule has 9 heteroatoms. The molecule has 1 aliphatic heterocycles. The minimum absolute atomic E-state index is 0.0469. The summed E-state index contributed by atoms with van der Waals surface area (Å²) in [6.07, 6.45) is 0.160. The number of aromatic nitrogens is 3. The summed E-state index contributed by atoms with van der Waals surface area (Å²) >= 11 is 0. The quantitative estimate of drug-likeness (QED) is 0.885. The summed E-state index contributed by atoms with van der Waals surface area (Å²) < 4.78 is 44.7. The molecule has 1 aliphatic rings. The van der Waals surface area contributed by atoms with Gasteiger partial charge in [-0.3, -0.25) is 14.9 Å². The molecule has 2 atom stereocenters. The van der Waals surface area contributed by atoms with E-state index in [1.165, 1.54) is 6.20 Å². The number of alkyl halides is 3. The summed E-state index contributed by atoms with van der Waals surface area (Å²) in [5.41, 5.74) is -0.686. The maximum absolute atomic E-state index is 13.0. The van der Waals surface area contributed by atoms with Crippen molar-refractivity contribution in [1.29, 1.82) is 0 Å². The van der Waals surface area contributed by atoms with Crippen LogP contribution in [0.15, 0.2) is 30.7 Å². The lowest BCUT2D eigenvalue weighted by Gasteiger charge is -2.31. The average molecular weight is 354 g/mol. The highest BCUT2D eigenvalue weighted by atomic mass is 19.4. The number of H-pyrrole nitrogens is 1. The monoisotopic (exact) mass is 354 g/mol. The molecular weight excluding hydrogens is 337 g/mol. The van der Waals surface area contributed by atoms with Gasteiger partial charge in [-0.15, -0.1) is 0 Å². The second-order valence-corrected chi connectivity index (χ2v) is 5.83.